The zero-order chi connectivity index (χ0) is 21.8. The van der Waals surface area contributed by atoms with Crippen LogP contribution in [0.4, 0.5) is 17.2 Å². The van der Waals surface area contributed by atoms with Crippen molar-refractivity contribution in [3.63, 3.8) is 0 Å². The number of carbonyl (C=O) groups is 1. The lowest BCUT2D eigenvalue weighted by atomic mass is 10.1. The molecule has 1 N–H and O–H groups in total. The number of amides is 1. The van der Waals surface area contributed by atoms with Crippen LogP contribution in [-0.2, 0) is 4.74 Å². The summed E-state index contributed by atoms with van der Waals surface area (Å²) in [6, 6.07) is 14.6. The van der Waals surface area contributed by atoms with Crippen LogP contribution in [0.3, 0.4) is 0 Å². The number of halogens is 1. The summed E-state index contributed by atoms with van der Waals surface area (Å²) in [6.07, 6.45) is 0. The topological polar surface area (TPSA) is 110 Å². The number of hydrogen-bond acceptors (Lipinski definition) is 7. The molecule has 1 fully saturated rings. The largest absolute Gasteiger partial charge is 0.378 e. The van der Waals surface area contributed by atoms with Gasteiger partial charge in [-0.15, -0.1) is 10.2 Å². The Hall–Kier alpha value is -3.56. The van der Waals surface area contributed by atoms with Crippen LogP contribution in [0.2, 0.25) is 5.02 Å². The average molecular weight is 440 g/mol. The van der Waals surface area contributed by atoms with Crippen molar-refractivity contribution < 1.29 is 14.5 Å². The highest BCUT2D eigenvalue weighted by molar-refractivity contribution is 6.34. The average Bonchev–Trinajstić information content (AvgIpc) is 2.80. The van der Waals surface area contributed by atoms with E-state index >= 15 is 0 Å². The molecule has 0 aliphatic carbocycles. The number of non-ortho nitro benzene ring substituents is 1. The van der Waals surface area contributed by atoms with Crippen molar-refractivity contribution in [1.29, 1.82) is 0 Å². The van der Waals surface area contributed by atoms with E-state index in [9.17, 15) is 14.9 Å². The number of benzene rings is 2. The summed E-state index contributed by atoms with van der Waals surface area (Å²) in [5.74, 6) is 0.279. The van der Waals surface area contributed by atoms with Gasteiger partial charge in [0.15, 0.2) is 5.82 Å². The Morgan fingerprint density at radius 3 is 2.45 bits per heavy atom. The van der Waals surface area contributed by atoms with E-state index < -0.39 is 10.8 Å². The molecule has 0 saturated carbocycles. The molecule has 4 rings (SSSR count). The van der Waals surface area contributed by atoms with E-state index in [4.69, 9.17) is 16.3 Å². The fourth-order valence-electron chi connectivity index (χ4n) is 3.16. The van der Waals surface area contributed by atoms with Crippen LogP contribution in [0.5, 0.6) is 0 Å². The van der Waals surface area contributed by atoms with Crippen LogP contribution in [-0.4, -0.2) is 47.3 Å². The highest BCUT2D eigenvalue weighted by atomic mass is 35.5. The Balaban J connectivity index is 1.45. The van der Waals surface area contributed by atoms with Crippen LogP contribution in [0, 0.1) is 10.1 Å². The van der Waals surface area contributed by atoms with Gasteiger partial charge in [-0.2, -0.15) is 0 Å². The minimum absolute atomic E-state index is 0.0320. The third-order valence-electron chi connectivity index (χ3n) is 4.83. The van der Waals surface area contributed by atoms with Gasteiger partial charge >= 0.3 is 0 Å². The van der Waals surface area contributed by atoms with Crippen LogP contribution in [0.1, 0.15) is 10.4 Å². The number of aromatic nitrogens is 2. The minimum Gasteiger partial charge on any atom is -0.378 e. The number of ether oxygens (including phenoxy) is 1. The second-order valence-electron chi connectivity index (χ2n) is 6.83. The maximum absolute atomic E-state index is 12.5. The number of nitro benzene ring substituents is 1. The first-order chi connectivity index (χ1) is 15.0. The van der Waals surface area contributed by atoms with Crippen LogP contribution in [0.15, 0.2) is 54.6 Å². The number of hydrogen-bond donors (Lipinski definition) is 1. The number of anilines is 2. The Morgan fingerprint density at radius 1 is 1.06 bits per heavy atom. The Labute approximate surface area is 182 Å². The van der Waals surface area contributed by atoms with E-state index in [2.05, 4.69) is 20.4 Å². The monoisotopic (exact) mass is 439 g/mol. The van der Waals surface area contributed by atoms with E-state index in [0.29, 0.717) is 24.6 Å². The molecular formula is C21H18ClN5O4. The van der Waals surface area contributed by atoms with Gasteiger partial charge in [0.1, 0.15) is 0 Å². The van der Waals surface area contributed by atoms with Gasteiger partial charge in [0, 0.05) is 36.5 Å². The van der Waals surface area contributed by atoms with Crippen molar-refractivity contribution in [3.05, 3.63) is 75.3 Å². The fourth-order valence-corrected chi connectivity index (χ4v) is 3.37. The number of carbonyl (C=O) groups excluding carboxylic acids is 1. The van der Waals surface area contributed by atoms with Gasteiger partial charge in [-0.1, -0.05) is 23.7 Å². The van der Waals surface area contributed by atoms with Gasteiger partial charge in [0.05, 0.1) is 34.4 Å². The van der Waals surface area contributed by atoms with Crippen molar-refractivity contribution in [2.75, 3.05) is 36.5 Å². The maximum atomic E-state index is 12.5. The Bertz CT molecular complexity index is 1100. The van der Waals surface area contributed by atoms with E-state index in [1.54, 1.807) is 12.1 Å². The third-order valence-corrected chi connectivity index (χ3v) is 5.16. The summed E-state index contributed by atoms with van der Waals surface area (Å²) in [7, 11) is 0. The summed E-state index contributed by atoms with van der Waals surface area (Å²) < 4.78 is 5.35. The summed E-state index contributed by atoms with van der Waals surface area (Å²) in [5, 5.41) is 22.4. The van der Waals surface area contributed by atoms with Gasteiger partial charge in [-0.25, -0.2) is 0 Å². The molecule has 0 unspecified atom stereocenters. The van der Waals surface area contributed by atoms with Crippen LogP contribution in [0.25, 0.3) is 11.3 Å². The molecule has 0 radical (unpaired) electrons. The molecule has 1 aliphatic heterocycles. The zero-order valence-electron chi connectivity index (χ0n) is 16.3. The van der Waals surface area contributed by atoms with E-state index in [-0.39, 0.29) is 16.3 Å². The molecule has 2 aromatic carbocycles. The van der Waals surface area contributed by atoms with E-state index in [0.717, 1.165) is 30.5 Å². The molecule has 9 nitrogen and oxygen atoms in total. The van der Waals surface area contributed by atoms with Crippen LogP contribution < -0.4 is 10.2 Å². The quantitative estimate of drug-likeness (QED) is 0.475. The highest BCUT2D eigenvalue weighted by Gasteiger charge is 2.16. The first kappa shape index (κ1) is 20.7. The van der Waals surface area contributed by atoms with Crippen molar-refractivity contribution in [3.8, 4) is 11.3 Å². The summed E-state index contributed by atoms with van der Waals surface area (Å²) in [6.45, 7) is 2.93. The van der Waals surface area contributed by atoms with E-state index in [1.807, 2.05) is 24.3 Å². The van der Waals surface area contributed by atoms with Crippen molar-refractivity contribution >= 4 is 34.7 Å². The fraction of sp³-hybridized carbons (Fsp3) is 0.190. The van der Waals surface area contributed by atoms with E-state index in [1.165, 1.54) is 12.1 Å². The number of nitrogens with one attached hydrogen (secondary N) is 1. The highest BCUT2D eigenvalue weighted by Crippen LogP contribution is 2.25. The number of nitro groups is 1. The number of nitrogens with zero attached hydrogens (tertiary/aromatic N) is 4. The third kappa shape index (κ3) is 4.79. The molecular weight excluding hydrogens is 422 g/mol. The van der Waals surface area contributed by atoms with Crippen molar-refractivity contribution in [1.82, 2.24) is 10.2 Å². The molecule has 1 aliphatic rings. The summed E-state index contributed by atoms with van der Waals surface area (Å²) >= 11 is 6.03. The van der Waals surface area contributed by atoms with Crippen molar-refractivity contribution in [2.24, 2.45) is 0 Å². The molecule has 0 atom stereocenters. The molecule has 1 aromatic heterocycles. The molecule has 0 spiro atoms. The summed E-state index contributed by atoms with van der Waals surface area (Å²) in [5.41, 5.74) is 1.90. The molecule has 1 amide bonds. The SMILES string of the molecule is O=C(Nc1ccc(-c2ccc(N3CCOCC3)nn2)cc1)c1cc([N+](=O)[O-])ccc1Cl. The van der Waals surface area contributed by atoms with Gasteiger partial charge < -0.3 is 15.0 Å². The molecule has 1 saturated heterocycles. The zero-order valence-corrected chi connectivity index (χ0v) is 17.1. The lowest BCUT2D eigenvalue weighted by Gasteiger charge is -2.27. The number of rotatable bonds is 5. The first-order valence-electron chi connectivity index (χ1n) is 9.53. The molecule has 10 heteroatoms. The normalized spacial score (nSPS) is 13.6. The van der Waals surface area contributed by atoms with Gasteiger partial charge in [0.2, 0.25) is 0 Å². The molecule has 31 heavy (non-hydrogen) atoms. The lowest BCUT2D eigenvalue weighted by Crippen LogP contribution is -2.36. The Kier molecular flexibility index (Phi) is 6.06. The lowest BCUT2D eigenvalue weighted by molar-refractivity contribution is -0.384. The smallest absolute Gasteiger partial charge is 0.270 e. The van der Waals surface area contributed by atoms with Gasteiger partial charge in [0.25, 0.3) is 11.6 Å². The second-order valence-corrected chi connectivity index (χ2v) is 7.24. The minimum atomic E-state index is -0.576. The first-order valence-corrected chi connectivity index (χ1v) is 9.91. The van der Waals surface area contributed by atoms with Gasteiger partial charge in [-0.05, 0) is 30.3 Å². The van der Waals surface area contributed by atoms with Crippen LogP contribution >= 0.6 is 11.6 Å². The molecule has 0 bridgehead atoms. The summed E-state index contributed by atoms with van der Waals surface area (Å²) in [4.78, 5) is 25.0. The Morgan fingerprint density at radius 2 is 1.81 bits per heavy atom. The predicted molar refractivity (Wildman–Crippen MR) is 117 cm³/mol. The predicted octanol–water partition coefficient (Wildman–Crippen LogP) is 3.79. The number of morpholine rings is 1. The maximum Gasteiger partial charge on any atom is 0.270 e. The van der Waals surface area contributed by atoms with Gasteiger partial charge in [-0.3, -0.25) is 14.9 Å². The second kappa shape index (κ2) is 9.07. The standard InChI is InChI=1S/C21H18ClN5O4/c22-18-6-5-16(27(29)30)13-17(18)21(28)23-15-3-1-14(2-4-15)19-7-8-20(25-24-19)26-9-11-31-12-10-26/h1-8,13H,9-12H2,(H,23,28). The van der Waals surface area contributed by atoms with Crippen molar-refractivity contribution in [2.45, 2.75) is 0 Å². The molecule has 3 aromatic rings. The molecule has 2 heterocycles. The molecule has 158 valence electrons.